The van der Waals surface area contributed by atoms with Gasteiger partial charge in [-0.15, -0.1) is 12.4 Å². The molecule has 56 valence electrons. The minimum atomic E-state index is -1.41. The molecule has 0 bridgehead atoms. The fraction of sp³-hybridized carbons (Fsp3) is 0.250. The van der Waals surface area contributed by atoms with Crippen LogP contribution >= 0.6 is 12.4 Å². The zero-order chi connectivity index (χ0) is 6.85. The maximum absolute atomic E-state index is 8.59. The molecule has 1 aromatic rings. The molecule has 0 saturated heterocycles. The van der Waals surface area contributed by atoms with E-state index in [1.807, 2.05) is 0 Å². The molecule has 0 saturated carbocycles. The number of aromatic amines is 1. The summed E-state index contributed by atoms with van der Waals surface area (Å²) >= 11 is 0. The van der Waals surface area contributed by atoms with Crippen LogP contribution in [-0.2, 0) is 0 Å². The van der Waals surface area contributed by atoms with Crippen LogP contribution in [0.5, 0.6) is 0 Å². The van der Waals surface area contributed by atoms with Gasteiger partial charge in [-0.25, -0.2) is 0 Å². The second kappa shape index (κ2) is 3.60. The molecule has 0 aliphatic heterocycles. The molecule has 0 atom stereocenters. The lowest BCUT2D eigenvalue weighted by Gasteiger charge is -1.91. The summed E-state index contributed by atoms with van der Waals surface area (Å²) in [6, 6.07) is 0. The first kappa shape index (κ1) is 9.48. The number of H-pyrrole nitrogens is 1. The van der Waals surface area contributed by atoms with Gasteiger partial charge in [-0.3, -0.25) is 5.10 Å². The van der Waals surface area contributed by atoms with Crippen molar-refractivity contribution in [3.05, 3.63) is 11.9 Å². The Labute approximate surface area is 64.8 Å². The highest BCUT2D eigenvalue weighted by Gasteiger charge is 2.14. The Balaban J connectivity index is 0.000000810. The van der Waals surface area contributed by atoms with Gasteiger partial charge >= 0.3 is 7.12 Å². The van der Waals surface area contributed by atoms with Crippen LogP contribution in [0.3, 0.4) is 0 Å². The van der Waals surface area contributed by atoms with Gasteiger partial charge in [0, 0.05) is 11.7 Å². The Hall–Kier alpha value is -0.515. The van der Waals surface area contributed by atoms with Crippen molar-refractivity contribution in [1.82, 2.24) is 10.2 Å². The largest absolute Gasteiger partial charge is 0.491 e. The van der Waals surface area contributed by atoms with E-state index in [0.717, 1.165) is 0 Å². The van der Waals surface area contributed by atoms with E-state index in [1.54, 1.807) is 6.92 Å². The number of halogens is 1. The van der Waals surface area contributed by atoms with E-state index in [1.165, 1.54) is 6.20 Å². The van der Waals surface area contributed by atoms with Crippen molar-refractivity contribution in [2.45, 2.75) is 6.92 Å². The number of nitrogens with zero attached hydrogens (tertiary/aromatic N) is 1. The third-order valence-electron chi connectivity index (χ3n) is 1.15. The summed E-state index contributed by atoms with van der Waals surface area (Å²) in [5, 5.41) is 23.4. The fourth-order valence-corrected chi connectivity index (χ4v) is 0.629. The molecule has 0 spiro atoms. The van der Waals surface area contributed by atoms with E-state index in [0.29, 0.717) is 11.2 Å². The van der Waals surface area contributed by atoms with Gasteiger partial charge in [0.15, 0.2) is 0 Å². The average Bonchev–Trinajstić information content (AvgIpc) is 2.13. The molecule has 3 N–H and O–H groups in total. The Bertz CT molecular complexity index is 203. The predicted octanol–water partition coefficient (Wildman–Crippen LogP) is -1.18. The first-order chi connectivity index (χ1) is 4.22. The summed E-state index contributed by atoms with van der Waals surface area (Å²) < 4.78 is 0. The summed E-state index contributed by atoms with van der Waals surface area (Å²) in [6.07, 6.45) is 1.46. The standard InChI is InChI=1S/C4H7BN2O2.ClH/c1-3-4(5(8)9)2-6-7-3;/h2,8-9H,1H3,(H,6,7);1H. The van der Waals surface area contributed by atoms with Gasteiger partial charge in [-0.2, -0.15) is 5.10 Å². The van der Waals surface area contributed by atoms with Crippen LogP contribution in [0.1, 0.15) is 5.69 Å². The predicted molar refractivity (Wildman–Crippen MR) is 40.4 cm³/mol. The van der Waals surface area contributed by atoms with E-state index in [2.05, 4.69) is 10.2 Å². The highest BCUT2D eigenvalue weighted by Crippen LogP contribution is 1.84. The second-order valence-electron chi connectivity index (χ2n) is 1.80. The maximum atomic E-state index is 8.59. The summed E-state index contributed by atoms with van der Waals surface area (Å²) in [4.78, 5) is 0. The highest BCUT2D eigenvalue weighted by atomic mass is 35.5. The molecule has 0 radical (unpaired) electrons. The Morgan fingerprint density at radius 2 is 2.20 bits per heavy atom. The van der Waals surface area contributed by atoms with Crippen molar-refractivity contribution in [2.75, 3.05) is 0 Å². The molecular weight excluding hydrogens is 154 g/mol. The van der Waals surface area contributed by atoms with Crippen LogP contribution < -0.4 is 5.46 Å². The van der Waals surface area contributed by atoms with Crippen LogP contribution in [0.4, 0.5) is 0 Å². The molecule has 0 aliphatic rings. The van der Waals surface area contributed by atoms with E-state index in [-0.39, 0.29) is 12.4 Å². The van der Waals surface area contributed by atoms with Crippen molar-refractivity contribution < 1.29 is 10.0 Å². The quantitative estimate of drug-likeness (QED) is 0.455. The van der Waals surface area contributed by atoms with E-state index in [9.17, 15) is 0 Å². The van der Waals surface area contributed by atoms with Crippen LogP contribution in [-0.4, -0.2) is 27.4 Å². The van der Waals surface area contributed by atoms with Gasteiger partial charge in [-0.05, 0) is 6.92 Å². The van der Waals surface area contributed by atoms with Crippen LogP contribution in [0, 0.1) is 6.92 Å². The topological polar surface area (TPSA) is 69.1 Å². The molecule has 0 aromatic carbocycles. The van der Waals surface area contributed by atoms with Crippen molar-refractivity contribution in [2.24, 2.45) is 0 Å². The van der Waals surface area contributed by atoms with E-state index in [4.69, 9.17) is 10.0 Å². The van der Waals surface area contributed by atoms with Crippen LogP contribution in [0.25, 0.3) is 0 Å². The SMILES string of the molecule is Cc1n[nH]cc1B(O)O.Cl. The van der Waals surface area contributed by atoms with Crippen molar-refractivity contribution >= 4 is 25.0 Å². The summed E-state index contributed by atoms with van der Waals surface area (Å²) in [7, 11) is -1.41. The van der Waals surface area contributed by atoms with Gasteiger partial charge in [-0.1, -0.05) is 0 Å². The minimum absolute atomic E-state index is 0. The van der Waals surface area contributed by atoms with Gasteiger partial charge in [0.25, 0.3) is 0 Å². The van der Waals surface area contributed by atoms with Gasteiger partial charge in [0.2, 0.25) is 0 Å². The zero-order valence-electron chi connectivity index (χ0n) is 5.40. The molecule has 1 heterocycles. The number of aryl methyl sites for hydroxylation is 1. The van der Waals surface area contributed by atoms with Gasteiger partial charge in [0.1, 0.15) is 0 Å². The van der Waals surface area contributed by atoms with Crippen molar-refractivity contribution in [3.8, 4) is 0 Å². The number of aromatic nitrogens is 2. The molecule has 6 heteroatoms. The molecule has 1 rings (SSSR count). The molecule has 0 fully saturated rings. The number of rotatable bonds is 1. The van der Waals surface area contributed by atoms with E-state index >= 15 is 0 Å². The zero-order valence-corrected chi connectivity index (χ0v) is 6.22. The molecule has 0 amide bonds. The number of hydrogen-bond acceptors (Lipinski definition) is 3. The summed E-state index contributed by atoms with van der Waals surface area (Å²) in [5.41, 5.74) is 1.04. The van der Waals surface area contributed by atoms with E-state index < -0.39 is 7.12 Å². The molecule has 4 nitrogen and oxygen atoms in total. The lowest BCUT2D eigenvalue weighted by Crippen LogP contribution is -2.30. The third kappa shape index (κ3) is 1.73. The lowest BCUT2D eigenvalue weighted by atomic mass is 9.81. The van der Waals surface area contributed by atoms with Crippen molar-refractivity contribution in [1.29, 1.82) is 0 Å². The third-order valence-corrected chi connectivity index (χ3v) is 1.15. The van der Waals surface area contributed by atoms with Crippen LogP contribution in [0.15, 0.2) is 6.20 Å². The lowest BCUT2D eigenvalue weighted by molar-refractivity contribution is 0.425. The summed E-state index contributed by atoms with van der Waals surface area (Å²) in [6.45, 7) is 1.70. The average molecular weight is 162 g/mol. The minimum Gasteiger partial charge on any atom is -0.423 e. The molecule has 0 unspecified atom stereocenters. The Kier molecular flexibility index (Phi) is 3.42. The first-order valence-electron chi connectivity index (χ1n) is 2.58. The monoisotopic (exact) mass is 162 g/mol. The Morgan fingerprint density at radius 1 is 1.60 bits per heavy atom. The second-order valence-corrected chi connectivity index (χ2v) is 1.80. The van der Waals surface area contributed by atoms with Gasteiger partial charge < -0.3 is 10.0 Å². The first-order valence-corrected chi connectivity index (χ1v) is 2.58. The number of nitrogens with one attached hydrogen (secondary N) is 1. The molecule has 0 aliphatic carbocycles. The fourth-order valence-electron chi connectivity index (χ4n) is 0.629. The number of hydrogen-bond donors (Lipinski definition) is 3. The van der Waals surface area contributed by atoms with Crippen LogP contribution in [0.2, 0.25) is 0 Å². The Morgan fingerprint density at radius 3 is 2.40 bits per heavy atom. The molecule has 10 heavy (non-hydrogen) atoms. The van der Waals surface area contributed by atoms with Gasteiger partial charge in [0.05, 0.1) is 5.69 Å². The molecule has 1 aromatic heterocycles. The highest BCUT2D eigenvalue weighted by molar-refractivity contribution is 6.59. The maximum Gasteiger partial charge on any atom is 0.491 e. The molecular formula is C4H8BClN2O2. The smallest absolute Gasteiger partial charge is 0.423 e. The van der Waals surface area contributed by atoms with Crippen molar-refractivity contribution in [3.63, 3.8) is 0 Å². The normalized spacial score (nSPS) is 8.70. The summed E-state index contributed by atoms with van der Waals surface area (Å²) in [5.74, 6) is 0.